The zero-order valence-electron chi connectivity index (χ0n) is 15.1. The Morgan fingerprint density at radius 1 is 1.08 bits per heavy atom. The van der Waals surface area contributed by atoms with Gasteiger partial charge < -0.3 is 25.2 Å². The second-order valence-corrected chi connectivity index (χ2v) is 6.42. The van der Waals surface area contributed by atoms with Gasteiger partial charge >= 0.3 is 6.03 Å². The molecule has 2 rings (SSSR count). The van der Waals surface area contributed by atoms with Gasteiger partial charge in [-0.05, 0) is 41.6 Å². The number of amides is 2. The van der Waals surface area contributed by atoms with Crippen molar-refractivity contribution >= 4 is 17.8 Å². The van der Waals surface area contributed by atoms with Crippen molar-refractivity contribution in [1.29, 1.82) is 0 Å². The molecule has 3 N–H and O–H groups in total. The summed E-state index contributed by atoms with van der Waals surface area (Å²) in [5, 5.41) is 15.6. The first-order chi connectivity index (χ1) is 12.6. The lowest BCUT2D eigenvalue weighted by molar-refractivity contribution is 0.173. The number of thioether (sulfide) groups is 1. The molecule has 0 bridgehead atoms. The molecule has 0 aliphatic carbocycles. The fraction of sp³-hybridized carbons (Fsp3) is 0.316. The smallest absolute Gasteiger partial charge is 0.315 e. The minimum atomic E-state index is -0.752. The molecule has 2 aromatic rings. The summed E-state index contributed by atoms with van der Waals surface area (Å²) in [6, 6.07) is 12.7. The van der Waals surface area contributed by atoms with Crippen LogP contribution in [0.1, 0.15) is 17.2 Å². The van der Waals surface area contributed by atoms with Crippen molar-refractivity contribution in [3.05, 3.63) is 53.6 Å². The summed E-state index contributed by atoms with van der Waals surface area (Å²) in [5.74, 6) is 1.24. The first-order valence-corrected chi connectivity index (χ1v) is 9.34. The summed E-state index contributed by atoms with van der Waals surface area (Å²) in [5.41, 5.74) is 1.65. The van der Waals surface area contributed by atoms with Gasteiger partial charge in [0.2, 0.25) is 0 Å². The van der Waals surface area contributed by atoms with Gasteiger partial charge in [-0.3, -0.25) is 0 Å². The van der Waals surface area contributed by atoms with E-state index in [9.17, 15) is 9.90 Å². The molecule has 2 amide bonds. The SMILES string of the molecule is COc1ccc(CNC(=O)NCC(O)c2ccc(SC)cc2)cc1OC. The molecular formula is C19H24N2O4S. The van der Waals surface area contributed by atoms with Crippen LogP contribution in [0.2, 0.25) is 0 Å². The Hall–Kier alpha value is -2.38. The van der Waals surface area contributed by atoms with Crippen LogP contribution < -0.4 is 20.1 Å². The Kier molecular flexibility index (Phi) is 7.62. The summed E-state index contributed by atoms with van der Waals surface area (Å²) < 4.78 is 10.4. The topological polar surface area (TPSA) is 79.8 Å². The molecule has 0 saturated heterocycles. The predicted octanol–water partition coefficient (Wildman–Crippen LogP) is 2.96. The first kappa shape index (κ1) is 19.9. The number of urea groups is 1. The van der Waals surface area contributed by atoms with Gasteiger partial charge in [0.05, 0.1) is 20.3 Å². The zero-order valence-corrected chi connectivity index (χ0v) is 15.9. The van der Waals surface area contributed by atoms with Crippen LogP contribution in [-0.2, 0) is 6.54 Å². The van der Waals surface area contributed by atoms with E-state index in [1.165, 1.54) is 0 Å². The first-order valence-electron chi connectivity index (χ1n) is 8.12. The van der Waals surface area contributed by atoms with E-state index in [0.29, 0.717) is 18.0 Å². The number of aliphatic hydroxyl groups is 1. The number of nitrogens with one attached hydrogen (secondary N) is 2. The van der Waals surface area contributed by atoms with Gasteiger partial charge in [0.25, 0.3) is 0 Å². The highest BCUT2D eigenvalue weighted by atomic mass is 32.2. The van der Waals surface area contributed by atoms with Crippen molar-refractivity contribution in [1.82, 2.24) is 10.6 Å². The van der Waals surface area contributed by atoms with Crippen LogP contribution in [0.25, 0.3) is 0 Å². The van der Waals surface area contributed by atoms with Crippen molar-refractivity contribution in [2.75, 3.05) is 27.0 Å². The average molecular weight is 376 g/mol. The van der Waals surface area contributed by atoms with Crippen molar-refractivity contribution in [2.45, 2.75) is 17.5 Å². The van der Waals surface area contributed by atoms with Gasteiger partial charge in [0, 0.05) is 18.0 Å². The summed E-state index contributed by atoms with van der Waals surface area (Å²) in [7, 11) is 3.14. The van der Waals surface area contributed by atoms with Crippen LogP contribution in [0, 0.1) is 0 Å². The van der Waals surface area contributed by atoms with Gasteiger partial charge in [-0.15, -0.1) is 11.8 Å². The molecule has 2 aromatic carbocycles. The third-order valence-corrected chi connectivity index (χ3v) is 4.60. The number of rotatable bonds is 8. The predicted molar refractivity (Wildman–Crippen MR) is 103 cm³/mol. The Balaban J connectivity index is 1.81. The number of benzene rings is 2. The Bertz CT molecular complexity index is 722. The average Bonchev–Trinajstić information content (AvgIpc) is 2.70. The summed E-state index contributed by atoms with van der Waals surface area (Å²) in [4.78, 5) is 13.1. The number of hydrogen-bond acceptors (Lipinski definition) is 5. The minimum absolute atomic E-state index is 0.135. The van der Waals surface area contributed by atoms with E-state index in [0.717, 1.165) is 16.0 Å². The highest BCUT2D eigenvalue weighted by molar-refractivity contribution is 7.98. The monoisotopic (exact) mass is 376 g/mol. The van der Waals surface area contributed by atoms with Crippen LogP contribution in [0.5, 0.6) is 11.5 Å². The van der Waals surface area contributed by atoms with Crippen molar-refractivity contribution < 1.29 is 19.4 Å². The normalized spacial score (nSPS) is 11.5. The second-order valence-electron chi connectivity index (χ2n) is 5.54. The third-order valence-electron chi connectivity index (χ3n) is 3.86. The van der Waals surface area contributed by atoms with E-state index in [1.807, 2.05) is 36.6 Å². The van der Waals surface area contributed by atoms with Crippen LogP contribution in [0.4, 0.5) is 4.79 Å². The maximum atomic E-state index is 11.9. The van der Waals surface area contributed by atoms with Crippen LogP contribution in [-0.4, -0.2) is 38.2 Å². The van der Waals surface area contributed by atoms with E-state index >= 15 is 0 Å². The Morgan fingerprint density at radius 3 is 2.38 bits per heavy atom. The molecule has 140 valence electrons. The fourth-order valence-corrected chi connectivity index (χ4v) is 2.78. The zero-order chi connectivity index (χ0) is 18.9. The molecule has 1 atom stereocenters. The Morgan fingerprint density at radius 2 is 1.77 bits per heavy atom. The number of ether oxygens (including phenoxy) is 2. The third kappa shape index (κ3) is 5.57. The summed E-state index contributed by atoms with van der Waals surface area (Å²) in [6.45, 7) is 0.473. The number of methoxy groups -OCH3 is 2. The molecule has 0 spiro atoms. The largest absolute Gasteiger partial charge is 0.493 e. The van der Waals surface area contributed by atoms with Crippen LogP contribution >= 0.6 is 11.8 Å². The van der Waals surface area contributed by atoms with E-state index in [2.05, 4.69) is 10.6 Å². The highest BCUT2D eigenvalue weighted by Crippen LogP contribution is 2.27. The lowest BCUT2D eigenvalue weighted by Gasteiger charge is -2.14. The van der Waals surface area contributed by atoms with Gasteiger partial charge in [-0.1, -0.05) is 18.2 Å². The van der Waals surface area contributed by atoms with E-state index < -0.39 is 6.10 Å². The number of aliphatic hydroxyl groups excluding tert-OH is 1. The lowest BCUT2D eigenvalue weighted by atomic mass is 10.1. The van der Waals surface area contributed by atoms with E-state index in [4.69, 9.17) is 9.47 Å². The number of carbonyl (C=O) groups excluding carboxylic acids is 1. The Labute approximate surface area is 157 Å². The molecule has 0 aliphatic rings. The molecule has 0 aliphatic heterocycles. The maximum absolute atomic E-state index is 11.9. The van der Waals surface area contributed by atoms with Crippen LogP contribution in [0.3, 0.4) is 0 Å². The molecule has 0 radical (unpaired) electrons. The molecule has 7 heteroatoms. The van der Waals surface area contributed by atoms with Crippen LogP contribution in [0.15, 0.2) is 47.4 Å². The molecule has 0 saturated carbocycles. The molecule has 0 heterocycles. The van der Waals surface area contributed by atoms with E-state index in [-0.39, 0.29) is 12.6 Å². The fourth-order valence-electron chi connectivity index (χ4n) is 2.37. The highest BCUT2D eigenvalue weighted by Gasteiger charge is 2.10. The molecular weight excluding hydrogens is 352 g/mol. The molecule has 6 nitrogen and oxygen atoms in total. The summed E-state index contributed by atoms with van der Waals surface area (Å²) in [6.07, 6.45) is 1.24. The summed E-state index contributed by atoms with van der Waals surface area (Å²) >= 11 is 1.64. The van der Waals surface area contributed by atoms with Gasteiger partial charge in [-0.25, -0.2) is 4.79 Å². The van der Waals surface area contributed by atoms with E-state index in [1.54, 1.807) is 38.1 Å². The maximum Gasteiger partial charge on any atom is 0.315 e. The molecule has 0 aromatic heterocycles. The number of hydrogen-bond donors (Lipinski definition) is 3. The van der Waals surface area contributed by atoms with Crippen molar-refractivity contribution in [2.24, 2.45) is 0 Å². The molecule has 1 unspecified atom stereocenters. The lowest BCUT2D eigenvalue weighted by Crippen LogP contribution is -2.37. The second kappa shape index (κ2) is 9.94. The standard InChI is InChI=1S/C19H24N2O4S/c1-24-17-9-4-13(10-18(17)25-2)11-20-19(23)21-12-16(22)14-5-7-15(26-3)8-6-14/h4-10,16,22H,11-12H2,1-3H3,(H2,20,21,23). The molecule has 0 fully saturated rings. The van der Waals surface area contributed by atoms with Gasteiger partial charge in [0.1, 0.15) is 0 Å². The van der Waals surface area contributed by atoms with Gasteiger partial charge in [0.15, 0.2) is 11.5 Å². The van der Waals surface area contributed by atoms with Crippen molar-refractivity contribution in [3.63, 3.8) is 0 Å². The number of carbonyl (C=O) groups is 1. The van der Waals surface area contributed by atoms with Gasteiger partial charge in [-0.2, -0.15) is 0 Å². The molecule has 26 heavy (non-hydrogen) atoms. The quantitative estimate of drug-likeness (QED) is 0.617. The minimum Gasteiger partial charge on any atom is -0.493 e. The van der Waals surface area contributed by atoms with Crippen molar-refractivity contribution in [3.8, 4) is 11.5 Å².